The standard InChI is InChI=1S/C14H19N3O2/c1-14(2,3)12(18)15-9-6-7-10-11(8-9)17(5)13(19)16(10)4/h6-8H,1-5H3,(H,15,18). The summed E-state index contributed by atoms with van der Waals surface area (Å²) in [6.07, 6.45) is 0. The molecule has 5 heteroatoms. The summed E-state index contributed by atoms with van der Waals surface area (Å²) in [6.45, 7) is 5.58. The molecular formula is C14H19N3O2. The number of amides is 1. The van der Waals surface area contributed by atoms with Crippen molar-refractivity contribution in [2.24, 2.45) is 19.5 Å². The monoisotopic (exact) mass is 261 g/mol. The lowest BCUT2D eigenvalue weighted by molar-refractivity contribution is -0.123. The Balaban J connectivity index is 2.46. The highest BCUT2D eigenvalue weighted by Crippen LogP contribution is 2.21. The molecule has 0 atom stereocenters. The molecule has 2 rings (SSSR count). The number of nitrogens with zero attached hydrogens (tertiary/aromatic N) is 2. The van der Waals surface area contributed by atoms with E-state index in [1.54, 1.807) is 23.2 Å². The molecule has 1 aromatic heterocycles. The highest BCUT2D eigenvalue weighted by atomic mass is 16.2. The lowest BCUT2D eigenvalue weighted by Crippen LogP contribution is -2.27. The third kappa shape index (κ3) is 2.28. The number of carbonyl (C=O) groups excluding carboxylic acids is 1. The first-order chi connectivity index (χ1) is 8.71. The first kappa shape index (κ1) is 13.4. The Labute approximate surface area is 111 Å². The van der Waals surface area contributed by atoms with Crippen molar-refractivity contribution in [3.63, 3.8) is 0 Å². The van der Waals surface area contributed by atoms with Crippen molar-refractivity contribution in [1.82, 2.24) is 9.13 Å². The molecule has 1 amide bonds. The van der Waals surface area contributed by atoms with E-state index in [2.05, 4.69) is 5.32 Å². The number of aryl methyl sites for hydroxylation is 2. The molecule has 0 aliphatic rings. The number of imidazole rings is 1. The zero-order chi connectivity index (χ0) is 14.4. The fourth-order valence-electron chi connectivity index (χ4n) is 1.90. The first-order valence-electron chi connectivity index (χ1n) is 6.19. The molecule has 0 saturated carbocycles. The summed E-state index contributed by atoms with van der Waals surface area (Å²) in [6, 6.07) is 5.47. The van der Waals surface area contributed by atoms with Gasteiger partial charge in [0.15, 0.2) is 0 Å². The van der Waals surface area contributed by atoms with Gasteiger partial charge in [0.1, 0.15) is 0 Å². The van der Waals surface area contributed by atoms with Crippen LogP contribution in [0.2, 0.25) is 0 Å². The van der Waals surface area contributed by atoms with Gasteiger partial charge >= 0.3 is 5.69 Å². The highest BCUT2D eigenvalue weighted by Gasteiger charge is 2.21. The molecule has 1 aromatic carbocycles. The molecule has 0 spiro atoms. The Hall–Kier alpha value is -2.04. The minimum atomic E-state index is -0.447. The van der Waals surface area contributed by atoms with Crippen LogP contribution < -0.4 is 11.0 Å². The topological polar surface area (TPSA) is 56.0 Å². The van der Waals surface area contributed by atoms with Crippen LogP contribution in [-0.2, 0) is 18.9 Å². The van der Waals surface area contributed by atoms with Crippen LogP contribution in [0.1, 0.15) is 20.8 Å². The Bertz CT molecular complexity index is 702. The number of aromatic nitrogens is 2. The van der Waals surface area contributed by atoms with Gasteiger partial charge in [0.2, 0.25) is 5.91 Å². The maximum atomic E-state index is 11.9. The minimum Gasteiger partial charge on any atom is -0.326 e. The number of hydrogen-bond acceptors (Lipinski definition) is 2. The van der Waals surface area contributed by atoms with E-state index in [-0.39, 0.29) is 11.6 Å². The van der Waals surface area contributed by atoms with Crippen molar-refractivity contribution >= 4 is 22.6 Å². The van der Waals surface area contributed by atoms with Crippen LogP contribution in [0.5, 0.6) is 0 Å². The third-order valence-electron chi connectivity index (χ3n) is 3.21. The van der Waals surface area contributed by atoms with E-state index in [0.29, 0.717) is 5.69 Å². The molecule has 1 heterocycles. The summed E-state index contributed by atoms with van der Waals surface area (Å²) in [7, 11) is 3.46. The smallest absolute Gasteiger partial charge is 0.326 e. The van der Waals surface area contributed by atoms with Crippen LogP contribution in [-0.4, -0.2) is 15.0 Å². The Morgan fingerprint density at radius 3 is 2.26 bits per heavy atom. The van der Waals surface area contributed by atoms with Crippen LogP contribution in [0.25, 0.3) is 11.0 Å². The van der Waals surface area contributed by atoms with E-state index in [1.807, 2.05) is 39.0 Å². The second-order valence-electron chi connectivity index (χ2n) is 5.81. The van der Waals surface area contributed by atoms with Crippen molar-refractivity contribution in [2.75, 3.05) is 5.32 Å². The van der Waals surface area contributed by atoms with E-state index in [1.165, 1.54) is 0 Å². The number of nitrogens with one attached hydrogen (secondary N) is 1. The number of benzene rings is 1. The van der Waals surface area contributed by atoms with Gasteiger partial charge in [-0.1, -0.05) is 20.8 Å². The summed E-state index contributed by atoms with van der Waals surface area (Å²) in [5.41, 5.74) is 1.83. The van der Waals surface area contributed by atoms with E-state index < -0.39 is 5.41 Å². The van der Waals surface area contributed by atoms with Gasteiger partial charge in [0.05, 0.1) is 11.0 Å². The predicted octanol–water partition coefficient (Wildman–Crippen LogP) is 1.86. The van der Waals surface area contributed by atoms with Crippen LogP contribution in [0.3, 0.4) is 0 Å². The number of fused-ring (bicyclic) bond motifs is 1. The molecule has 0 unspecified atom stereocenters. The van der Waals surface area contributed by atoms with Gasteiger partial charge < -0.3 is 5.32 Å². The van der Waals surface area contributed by atoms with E-state index in [4.69, 9.17) is 0 Å². The predicted molar refractivity (Wildman–Crippen MR) is 76.2 cm³/mol. The van der Waals surface area contributed by atoms with Crippen LogP contribution in [0.15, 0.2) is 23.0 Å². The fraction of sp³-hybridized carbons (Fsp3) is 0.429. The molecule has 0 fully saturated rings. The summed E-state index contributed by atoms with van der Waals surface area (Å²) in [5, 5.41) is 2.87. The molecule has 0 aliphatic carbocycles. The molecular weight excluding hydrogens is 242 g/mol. The number of rotatable bonds is 1. The summed E-state index contributed by atoms with van der Waals surface area (Å²) in [4.78, 5) is 23.8. The molecule has 0 bridgehead atoms. The average Bonchev–Trinajstić information content (AvgIpc) is 2.53. The zero-order valence-electron chi connectivity index (χ0n) is 11.9. The van der Waals surface area contributed by atoms with Gasteiger partial charge in [0, 0.05) is 25.2 Å². The Kier molecular flexibility index (Phi) is 3.00. The lowest BCUT2D eigenvalue weighted by Gasteiger charge is -2.17. The van der Waals surface area contributed by atoms with Crippen molar-refractivity contribution in [3.8, 4) is 0 Å². The average molecular weight is 261 g/mol. The van der Waals surface area contributed by atoms with Crippen molar-refractivity contribution in [1.29, 1.82) is 0 Å². The molecule has 2 aromatic rings. The van der Waals surface area contributed by atoms with Gasteiger partial charge in [-0.25, -0.2) is 4.79 Å². The molecule has 0 radical (unpaired) electrons. The van der Waals surface area contributed by atoms with Crippen LogP contribution >= 0.6 is 0 Å². The van der Waals surface area contributed by atoms with E-state index in [9.17, 15) is 9.59 Å². The lowest BCUT2D eigenvalue weighted by atomic mass is 9.95. The van der Waals surface area contributed by atoms with E-state index in [0.717, 1.165) is 11.0 Å². The van der Waals surface area contributed by atoms with Gasteiger partial charge in [-0.3, -0.25) is 13.9 Å². The second-order valence-corrected chi connectivity index (χ2v) is 5.81. The van der Waals surface area contributed by atoms with Crippen LogP contribution in [0.4, 0.5) is 5.69 Å². The maximum Gasteiger partial charge on any atom is 0.328 e. The van der Waals surface area contributed by atoms with Crippen molar-refractivity contribution < 1.29 is 4.79 Å². The van der Waals surface area contributed by atoms with E-state index >= 15 is 0 Å². The summed E-state index contributed by atoms with van der Waals surface area (Å²) < 4.78 is 3.16. The van der Waals surface area contributed by atoms with Crippen LogP contribution in [0, 0.1) is 5.41 Å². The molecule has 1 N–H and O–H groups in total. The SMILES string of the molecule is Cn1c(=O)n(C)c2cc(NC(=O)C(C)(C)C)ccc21. The normalized spacial score (nSPS) is 11.8. The summed E-state index contributed by atoms with van der Waals surface area (Å²) in [5.74, 6) is -0.0484. The van der Waals surface area contributed by atoms with Gasteiger partial charge in [0.25, 0.3) is 0 Å². The molecule has 0 aliphatic heterocycles. The Morgan fingerprint density at radius 2 is 1.68 bits per heavy atom. The number of carbonyl (C=O) groups is 1. The third-order valence-corrected chi connectivity index (χ3v) is 3.21. The Morgan fingerprint density at radius 1 is 1.11 bits per heavy atom. The molecule has 102 valence electrons. The fourth-order valence-corrected chi connectivity index (χ4v) is 1.90. The number of hydrogen-bond donors (Lipinski definition) is 1. The molecule has 19 heavy (non-hydrogen) atoms. The maximum absolute atomic E-state index is 11.9. The van der Waals surface area contributed by atoms with Crippen molar-refractivity contribution in [2.45, 2.75) is 20.8 Å². The largest absolute Gasteiger partial charge is 0.328 e. The van der Waals surface area contributed by atoms with Gasteiger partial charge in [-0.15, -0.1) is 0 Å². The first-order valence-corrected chi connectivity index (χ1v) is 6.19. The zero-order valence-corrected chi connectivity index (χ0v) is 11.9. The minimum absolute atomic E-state index is 0.0484. The summed E-state index contributed by atoms with van der Waals surface area (Å²) >= 11 is 0. The quantitative estimate of drug-likeness (QED) is 0.852. The van der Waals surface area contributed by atoms with Crippen molar-refractivity contribution in [3.05, 3.63) is 28.7 Å². The molecule has 5 nitrogen and oxygen atoms in total. The van der Waals surface area contributed by atoms with Gasteiger partial charge in [-0.05, 0) is 18.2 Å². The number of anilines is 1. The van der Waals surface area contributed by atoms with Gasteiger partial charge in [-0.2, -0.15) is 0 Å². The highest BCUT2D eigenvalue weighted by molar-refractivity contribution is 5.96. The molecule has 0 saturated heterocycles. The second kappa shape index (κ2) is 4.26.